The number of hydrogen-bond donors (Lipinski definition) is 2. The van der Waals surface area contributed by atoms with E-state index in [1.54, 1.807) is 15.6 Å². The zero-order chi connectivity index (χ0) is 26.2. The number of amidine groups is 1. The molecule has 0 saturated carbocycles. The number of nitrogens with two attached hydrogens (primary N) is 1. The maximum atomic E-state index is 12.3. The molecule has 0 spiro atoms. The van der Waals surface area contributed by atoms with Gasteiger partial charge in [-0.15, -0.1) is 0 Å². The Balaban J connectivity index is 1.27. The number of carbonyl (C=O) groups excluding carboxylic acids is 1. The predicted molar refractivity (Wildman–Crippen MR) is 145 cm³/mol. The number of benzene rings is 2. The Hall–Kier alpha value is -4.40. The smallest absolute Gasteiger partial charge is 0.410 e. The number of piperazine rings is 1. The molecule has 37 heavy (non-hydrogen) atoms. The van der Waals surface area contributed by atoms with Gasteiger partial charge in [0.2, 0.25) is 0 Å². The zero-order valence-electron chi connectivity index (χ0n) is 21.3. The second kappa shape index (κ2) is 9.57. The van der Waals surface area contributed by atoms with E-state index < -0.39 is 5.60 Å². The molecule has 2 aromatic heterocycles. The van der Waals surface area contributed by atoms with Gasteiger partial charge in [-0.05, 0) is 44.0 Å². The summed E-state index contributed by atoms with van der Waals surface area (Å²) in [5.41, 5.74) is 11.6. The van der Waals surface area contributed by atoms with Gasteiger partial charge in [-0.2, -0.15) is 5.10 Å². The first kappa shape index (κ1) is 24.3. The van der Waals surface area contributed by atoms with Crippen molar-refractivity contribution >= 4 is 23.3 Å². The molecule has 0 unspecified atom stereocenters. The van der Waals surface area contributed by atoms with Crippen molar-refractivity contribution < 1.29 is 9.53 Å². The monoisotopic (exact) mass is 497 g/mol. The Bertz CT molecular complexity index is 1430. The molecule has 1 amide bonds. The number of fused-ring (bicyclic) bond motifs is 1. The maximum absolute atomic E-state index is 12.3. The molecule has 0 radical (unpaired) electrons. The number of hydrogen-bond acceptors (Lipinski definition) is 6. The molecule has 4 aromatic rings. The first-order valence-corrected chi connectivity index (χ1v) is 12.3. The van der Waals surface area contributed by atoms with Gasteiger partial charge in [-0.1, -0.05) is 36.4 Å². The molecule has 2 aromatic carbocycles. The van der Waals surface area contributed by atoms with Crippen LogP contribution in [0.25, 0.3) is 27.9 Å². The minimum Gasteiger partial charge on any atom is -0.444 e. The van der Waals surface area contributed by atoms with Gasteiger partial charge >= 0.3 is 6.09 Å². The lowest BCUT2D eigenvalue weighted by atomic mass is 10.1. The second-order valence-corrected chi connectivity index (χ2v) is 10.2. The van der Waals surface area contributed by atoms with E-state index in [0.29, 0.717) is 18.7 Å². The maximum Gasteiger partial charge on any atom is 0.410 e. The highest BCUT2D eigenvalue weighted by molar-refractivity contribution is 5.95. The number of anilines is 1. The summed E-state index contributed by atoms with van der Waals surface area (Å²) in [6.45, 7) is 8.45. The highest BCUT2D eigenvalue weighted by Crippen LogP contribution is 2.27. The molecule has 0 atom stereocenters. The molecule has 1 saturated heterocycles. The van der Waals surface area contributed by atoms with Crippen molar-refractivity contribution in [2.45, 2.75) is 26.4 Å². The van der Waals surface area contributed by atoms with E-state index in [0.717, 1.165) is 46.7 Å². The van der Waals surface area contributed by atoms with Crippen LogP contribution in [0.1, 0.15) is 26.3 Å². The van der Waals surface area contributed by atoms with Gasteiger partial charge in [0.05, 0.1) is 6.20 Å². The third-order valence-corrected chi connectivity index (χ3v) is 6.36. The van der Waals surface area contributed by atoms with Crippen LogP contribution in [0.15, 0.2) is 67.1 Å². The van der Waals surface area contributed by atoms with E-state index in [-0.39, 0.29) is 11.9 Å². The number of carbonyl (C=O) groups is 1. The molecule has 9 nitrogen and oxygen atoms in total. The lowest BCUT2D eigenvalue weighted by Crippen LogP contribution is -2.50. The van der Waals surface area contributed by atoms with Crippen molar-refractivity contribution in [1.29, 1.82) is 5.41 Å². The van der Waals surface area contributed by atoms with Crippen molar-refractivity contribution in [3.05, 3.63) is 72.7 Å². The lowest BCUT2D eigenvalue weighted by molar-refractivity contribution is 0.0240. The Morgan fingerprint density at radius 1 is 0.919 bits per heavy atom. The van der Waals surface area contributed by atoms with Gasteiger partial charge in [0, 0.05) is 61.0 Å². The van der Waals surface area contributed by atoms with Crippen LogP contribution in [-0.2, 0) is 4.74 Å². The lowest BCUT2D eigenvalue weighted by Gasteiger charge is -2.36. The average Bonchev–Trinajstić information content (AvgIpc) is 3.31. The minimum absolute atomic E-state index is 0.0447. The van der Waals surface area contributed by atoms with Crippen LogP contribution in [0.4, 0.5) is 10.5 Å². The van der Waals surface area contributed by atoms with Crippen LogP contribution in [0.2, 0.25) is 0 Å². The number of ether oxygens (including phenoxy) is 1. The fraction of sp³-hybridized carbons (Fsp3) is 0.286. The molecule has 5 rings (SSSR count). The Labute approximate surface area is 216 Å². The summed E-state index contributed by atoms with van der Waals surface area (Å²) in [7, 11) is 0. The van der Waals surface area contributed by atoms with Gasteiger partial charge < -0.3 is 20.3 Å². The standard InChI is InChI=1S/C28H31N7O2/c1-28(2,3)37-27(36)34-14-12-33(13-15-34)23-10-8-19(9-11-23)22-16-31-26-24(17-32-35(26)18-22)20-4-6-21(7-5-20)25(29)30/h4-11,16-18H,12-15H2,1-3H3,(H3,29,30). The molecule has 0 aliphatic carbocycles. The van der Waals surface area contributed by atoms with E-state index in [9.17, 15) is 4.79 Å². The van der Waals surface area contributed by atoms with Gasteiger partial charge in [0.15, 0.2) is 5.65 Å². The largest absolute Gasteiger partial charge is 0.444 e. The van der Waals surface area contributed by atoms with Crippen LogP contribution >= 0.6 is 0 Å². The summed E-state index contributed by atoms with van der Waals surface area (Å²) in [5, 5.41) is 12.1. The summed E-state index contributed by atoms with van der Waals surface area (Å²) >= 11 is 0. The first-order chi connectivity index (χ1) is 17.7. The molecule has 3 heterocycles. The number of nitrogen functional groups attached to an aromatic ring is 1. The highest BCUT2D eigenvalue weighted by Gasteiger charge is 2.26. The Morgan fingerprint density at radius 3 is 2.19 bits per heavy atom. The van der Waals surface area contributed by atoms with Gasteiger partial charge in [0.1, 0.15) is 11.4 Å². The van der Waals surface area contributed by atoms with E-state index >= 15 is 0 Å². The van der Waals surface area contributed by atoms with Gasteiger partial charge in [-0.3, -0.25) is 5.41 Å². The Kier molecular flexibility index (Phi) is 6.29. The second-order valence-electron chi connectivity index (χ2n) is 10.2. The van der Waals surface area contributed by atoms with E-state index in [1.165, 1.54) is 0 Å². The number of nitrogens with zero attached hydrogens (tertiary/aromatic N) is 5. The molecule has 9 heteroatoms. The summed E-state index contributed by atoms with van der Waals surface area (Å²) in [4.78, 5) is 21.1. The average molecular weight is 498 g/mol. The summed E-state index contributed by atoms with van der Waals surface area (Å²) in [6.07, 6.45) is 5.39. The zero-order valence-corrected chi connectivity index (χ0v) is 21.3. The summed E-state index contributed by atoms with van der Waals surface area (Å²) in [6, 6.07) is 15.9. The number of amides is 1. The molecule has 0 bridgehead atoms. The van der Waals surface area contributed by atoms with E-state index in [1.807, 2.05) is 57.4 Å². The van der Waals surface area contributed by atoms with Crippen molar-refractivity contribution in [1.82, 2.24) is 19.5 Å². The number of aromatic nitrogens is 3. The van der Waals surface area contributed by atoms with Crippen molar-refractivity contribution in [2.24, 2.45) is 5.73 Å². The van der Waals surface area contributed by atoms with Crippen LogP contribution in [0.5, 0.6) is 0 Å². The molecule has 3 N–H and O–H groups in total. The third-order valence-electron chi connectivity index (χ3n) is 6.36. The third kappa shape index (κ3) is 5.25. The quantitative estimate of drug-likeness (QED) is 0.319. The van der Waals surface area contributed by atoms with Crippen LogP contribution < -0.4 is 10.6 Å². The van der Waals surface area contributed by atoms with Crippen LogP contribution in [-0.4, -0.2) is 63.2 Å². The topological polar surface area (TPSA) is 113 Å². The molecular weight excluding hydrogens is 466 g/mol. The van der Waals surface area contributed by atoms with Gasteiger partial charge in [-0.25, -0.2) is 14.3 Å². The Morgan fingerprint density at radius 2 is 1.57 bits per heavy atom. The SMILES string of the molecule is CC(C)(C)OC(=O)N1CCN(c2ccc(-c3cnc4c(-c5ccc(C(=N)N)cc5)cnn4c3)cc2)CC1. The molecule has 1 aliphatic rings. The van der Waals surface area contributed by atoms with Gasteiger partial charge in [0.25, 0.3) is 0 Å². The predicted octanol–water partition coefficient (Wildman–Crippen LogP) is 4.40. The molecule has 1 aliphatic heterocycles. The van der Waals surface area contributed by atoms with E-state index in [4.69, 9.17) is 15.9 Å². The minimum atomic E-state index is -0.485. The molecule has 1 fully saturated rings. The number of rotatable bonds is 4. The molecule has 190 valence electrons. The fourth-order valence-electron chi connectivity index (χ4n) is 4.40. The van der Waals surface area contributed by atoms with Crippen molar-refractivity contribution in [2.75, 3.05) is 31.1 Å². The van der Waals surface area contributed by atoms with E-state index in [2.05, 4.69) is 39.2 Å². The number of nitrogens with one attached hydrogen (secondary N) is 1. The van der Waals surface area contributed by atoms with Crippen LogP contribution in [0, 0.1) is 5.41 Å². The highest BCUT2D eigenvalue weighted by atomic mass is 16.6. The van der Waals surface area contributed by atoms with Crippen molar-refractivity contribution in [3.63, 3.8) is 0 Å². The summed E-state index contributed by atoms with van der Waals surface area (Å²) < 4.78 is 7.28. The van der Waals surface area contributed by atoms with Crippen molar-refractivity contribution in [3.8, 4) is 22.3 Å². The normalized spacial score (nSPS) is 14.1. The fourth-order valence-corrected chi connectivity index (χ4v) is 4.40. The van der Waals surface area contributed by atoms with Crippen LogP contribution in [0.3, 0.4) is 0 Å². The molecular formula is C28H31N7O2. The summed E-state index contributed by atoms with van der Waals surface area (Å²) in [5.74, 6) is 0.0447. The first-order valence-electron chi connectivity index (χ1n) is 12.3.